The molecule has 0 saturated heterocycles. The summed E-state index contributed by atoms with van der Waals surface area (Å²) in [7, 11) is -1.68. The van der Waals surface area contributed by atoms with E-state index in [4.69, 9.17) is 9.16 Å². The maximum absolute atomic E-state index is 11.1. The van der Waals surface area contributed by atoms with Crippen molar-refractivity contribution in [3.05, 3.63) is 0 Å². The zero-order chi connectivity index (χ0) is 12.6. The fourth-order valence-corrected chi connectivity index (χ4v) is 2.37. The van der Waals surface area contributed by atoms with Crippen molar-refractivity contribution in [1.82, 2.24) is 0 Å². The SMILES string of the molecule is CCOC(=O)CCCC(C=O)O[Si](C)(C)C. The summed E-state index contributed by atoms with van der Waals surface area (Å²) in [5, 5.41) is 0. The second-order valence-electron chi connectivity index (χ2n) is 4.60. The number of rotatable bonds is 8. The van der Waals surface area contributed by atoms with Gasteiger partial charge in [-0.3, -0.25) is 4.79 Å². The smallest absolute Gasteiger partial charge is 0.305 e. The molecule has 0 fully saturated rings. The Labute approximate surface area is 98.4 Å². The highest BCUT2D eigenvalue weighted by atomic mass is 28.4. The number of ether oxygens (including phenoxy) is 1. The van der Waals surface area contributed by atoms with Gasteiger partial charge in [-0.25, -0.2) is 0 Å². The normalized spacial score (nSPS) is 13.2. The third-order valence-corrected chi connectivity index (χ3v) is 2.84. The number of hydrogen-bond acceptors (Lipinski definition) is 4. The number of aldehydes is 1. The first-order chi connectivity index (χ1) is 7.39. The summed E-state index contributed by atoms with van der Waals surface area (Å²) in [6, 6.07) is 0. The zero-order valence-electron chi connectivity index (χ0n) is 10.6. The fraction of sp³-hybridized carbons (Fsp3) is 0.818. The molecule has 0 heterocycles. The van der Waals surface area contributed by atoms with Gasteiger partial charge in [-0.15, -0.1) is 0 Å². The molecule has 0 bridgehead atoms. The van der Waals surface area contributed by atoms with E-state index in [1.807, 2.05) is 19.6 Å². The van der Waals surface area contributed by atoms with Crippen LogP contribution in [-0.4, -0.2) is 33.3 Å². The molecule has 0 saturated carbocycles. The molecule has 16 heavy (non-hydrogen) atoms. The molecule has 0 aromatic rings. The van der Waals surface area contributed by atoms with Crippen LogP contribution in [-0.2, 0) is 18.8 Å². The van der Waals surface area contributed by atoms with Crippen molar-refractivity contribution < 1.29 is 18.8 Å². The van der Waals surface area contributed by atoms with E-state index in [0.717, 1.165) is 6.29 Å². The third kappa shape index (κ3) is 8.61. The lowest BCUT2D eigenvalue weighted by Crippen LogP contribution is -2.32. The van der Waals surface area contributed by atoms with E-state index in [9.17, 15) is 9.59 Å². The molecule has 94 valence electrons. The van der Waals surface area contributed by atoms with Gasteiger partial charge in [-0.05, 0) is 39.4 Å². The van der Waals surface area contributed by atoms with Crippen LogP contribution < -0.4 is 0 Å². The Bertz CT molecular complexity index is 223. The van der Waals surface area contributed by atoms with Gasteiger partial charge in [0.1, 0.15) is 12.4 Å². The van der Waals surface area contributed by atoms with Crippen molar-refractivity contribution in [2.45, 2.75) is 51.9 Å². The summed E-state index contributed by atoms with van der Waals surface area (Å²) in [6.45, 7) is 8.29. The summed E-state index contributed by atoms with van der Waals surface area (Å²) in [5.74, 6) is -0.208. The lowest BCUT2D eigenvalue weighted by molar-refractivity contribution is -0.143. The molecule has 0 aliphatic carbocycles. The minimum absolute atomic E-state index is 0.208. The average molecular weight is 246 g/mol. The van der Waals surface area contributed by atoms with Crippen molar-refractivity contribution in [3.8, 4) is 0 Å². The van der Waals surface area contributed by atoms with Gasteiger partial charge in [0.05, 0.1) is 6.61 Å². The van der Waals surface area contributed by atoms with Crippen molar-refractivity contribution >= 4 is 20.6 Å². The van der Waals surface area contributed by atoms with Crippen LogP contribution in [0.25, 0.3) is 0 Å². The van der Waals surface area contributed by atoms with E-state index in [0.29, 0.717) is 25.9 Å². The standard InChI is InChI=1S/C11H22O4Si/c1-5-14-11(13)8-6-7-10(9-12)15-16(2,3)4/h9-10H,5-8H2,1-4H3. The van der Waals surface area contributed by atoms with E-state index in [-0.39, 0.29) is 12.1 Å². The van der Waals surface area contributed by atoms with Gasteiger partial charge in [0, 0.05) is 6.42 Å². The third-order valence-electron chi connectivity index (χ3n) is 1.83. The minimum Gasteiger partial charge on any atom is -0.466 e. The largest absolute Gasteiger partial charge is 0.466 e. The Balaban J connectivity index is 3.80. The first kappa shape index (κ1) is 15.3. The van der Waals surface area contributed by atoms with Crippen LogP contribution in [0.15, 0.2) is 0 Å². The van der Waals surface area contributed by atoms with Crippen LogP contribution >= 0.6 is 0 Å². The quantitative estimate of drug-likeness (QED) is 0.374. The van der Waals surface area contributed by atoms with Crippen LogP contribution in [0.1, 0.15) is 26.2 Å². The summed E-state index contributed by atoms with van der Waals surface area (Å²) in [4.78, 5) is 21.8. The van der Waals surface area contributed by atoms with Gasteiger partial charge in [-0.2, -0.15) is 0 Å². The van der Waals surface area contributed by atoms with Crippen LogP contribution in [0, 0.1) is 0 Å². The monoisotopic (exact) mass is 246 g/mol. The second kappa shape index (κ2) is 7.57. The molecule has 0 aromatic heterocycles. The molecule has 0 N–H and O–H groups in total. The van der Waals surface area contributed by atoms with E-state index in [1.54, 1.807) is 6.92 Å². The van der Waals surface area contributed by atoms with Crippen molar-refractivity contribution in [1.29, 1.82) is 0 Å². The molecule has 0 rings (SSSR count). The molecule has 0 aromatic carbocycles. The minimum atomic E-state index is -1.68. The topological polar surface area (TPSA) is 52.6 Å². The first-order valence-electron chi connectivity index (χ1n) is 5.67. The van der Waals surface area contributed by atoms with Crippen molar-refractivity contribution in [2.75, 3.05) is 6.61 Å². The Hall–Kier alpha value is -0.683. The maximum atomic E-state index is 11.1. The van der Waals surface area contributed by atoms with Gasteiger partial charge >= 0.3 is 5.97 Å². The average Bonchev–Trinajstić information content (AvgIpc) is 2.14. The highest BCUT2D eigenvalue weighted by Crippen LogP contribution is 2.11. The van der Waals surface area contributed by atoms with Crippen molar-refractivity contribution in [3.63, 3.8) is 0 Å². The summed E-state index contributed by atoms with van der Waals surface area (Å²) in [6.07, 6.45) is 2.02. The van der Waals surface area contributed by atoms with Gasteiger partial charge in [0.25, 0.3) is 0 Å². The van der Waals surface area contributed by atoms with Crippen LogP contribution in [0.3, 0.4) is 0 Å². The molecular weight excluding hydrogens is 224 g/mol. The molecule has 1 unspecified atom stereocenters. The van der Waals surface area contributed by atoms with Gasteiger partial charge in [0.2, 0.25) is 0 Å². The Morgan fingerprint density at radius 2 is 2.00 bits per heavy atom. The molecule has 0 radical (unpaired) electrons. The van der Waals surface area contributed by atoms with Gasteiger partial charge in [0.15, 0.2) is 8.32 Å². The Kier molecular flexibility index (Phi) is 7.24. The lowest BCUT2D eigenvalue weighted by atomic mass is 10.2. The Morgan fingerprint density at radius 1 is 1.38 bits per heavy atom. The molecular formula is C11H22O4Si. The highest BCUT2D eigenvalue weighted by molar-refractivity contribution is 6.69. The summed E-state index contributed by atoms with van der Waals surface area (Å²) < 4.78 is 10.4. The summed E-state index contributed by atoms with van der Waals surface area (Å²) >= 11 is 0. The number of carbonyl (C=O) groups excluding carboxylic acids is 2. The first-order valence-corrected chi connectivity index (χ1v) is 9.08. The summed E-state index contributed by atoms with van der Waals surface area (Å²) in [5.41, 5.74) is 0. The van der Waals surface area contributed by atoms with Crippen LogP contribution in [0.4, 0.5) is 0 Å². The van der Waals surface area contributed by atoms with E-state index in [2.05, 4.69) is 0 Å². The zero-order valence-corrected chi connectivity index (χ0v) is 11.6. The van der Waals surface area contributed by atoms with Crippen molar-refractivity contribution in [2.24, 2.45) is 0 Å². The van der Waals surface area contributed by atoms with Gasteiger partial charge < -0.3 is 14.0 Å². The van der Waals surface area contributed by atoms with E-state index < -0.39 is 8.32 Å². The van der Waals surface area contributed by atoms with E-state index >= 15 is 0 Å². The van der Waals surface area contributed by atoms with Crippen LogP contribution in [0.5, 0.6) is 0 Å². The molecule has 1 atom stereocenters. The molecule has 0 spiro atoms. The molecule has 5 heteroatoms. The predicted molar refractivity (Wildman–Crippen MR) is 64.8 cm³/mol. The fourth-order valence-electron chi connectivity index (χ4n) is 1.29. The maximum Gasteiger partial charge on any atom is 0.305 e. The molecule has 0 aliphatic rings. The molecule has 4 nitrogen and oxygen atoms in total. The molecule has 0 amide bonds. The van der Waals surface area contributed by atoms with Crippen LogP contribution in [0.2, 0.25) is 19.6 Å². The predicted octanol–water partition coefficient (Wildman–Crippen LogP) is 2.14. The number of esters is 1. The van der Waals surface area contributed by atoms with E-state index in [1.165, 1.54) is 0 Å². The second-order valence-corrected chi connectivity index (χ2v) is 9.06. The Morgan fingerprint density at radius 3 is 2.44 bits per heavy atom. The number of hydrogen-bond donors (Lipinski definition) is 0. The number of carbonyl (C=O) groups is 2. The molecule has 0 aliphatic heterocycles. The van der Waals surface area contributed by atoms with Gasteiger partial charge in [-0.1, -0.05) is 0 Å². The highest BCUT2D eigenvalue weighted by Gasteiger charge is 2.20. The lowest BCUT2D eigenvalue weighted by Gasteiger charge is -2.22.